The van der Waals surface area contributed by atoms with Crippen molar-refractivity contribution >= 4 is 5.84 Å². The Kier molecular flexibility index (Phi) is 3.06. The van der Waals surface area contributed by atoms with E-state index in [0.29, 0.717) is 6.04 Å². The molecule has 3 heteroatoms. The standard InChI is InChI=1S/C11H21N3/c1-2-3-11(12)13-10-8-14-6-4-9(10)5-7-14/h9-10H,2-8H2,1H3,(H2,12,13). The Morgan fingerprint density at radius 3 is 2.64 bits per heavy atom. The number of nitrogens with two attached hydrogens (primary N) is 1. The number of hydrogen-bond donors (Lipinski definition) is 1. The van der Waals surface area contributed by atoms with Crippen molar-refractivity contribution in [2.75, 3.05) is 19.6 Å². The molecular weight excluding hydrogens is 174 g/mol. The van der Waals surface area contributed by atoms with E-state index in [4.69, 9.17) is 5.73 Å². The van der Waals surface area contributed by atoms with Gasteiger partial charge in [-0.25, -0.2) is 0 Å². The lowest BCUT2D eigenvalue weighted by molar-refractivity contribution is 0.0905. The van der Waals surface area contributed by atoms with Crippen LogP contribution in [0.4, 0.5) is 0 Å². The average Bonchev–Trinajstić information content (AvgIpc) is 2.19. The molecule has 2 N–H and O–H groups in total. The largest absolute Gasteiger partial charge is 0.387 e. The number of rotatable bonds is 3. The smallest absolute Gasteiger partial charge is 0.0941 e. The van der Waals surface area contributed by atoms with Crippen molar-refractivity contribution in [1.82, 2.24) is 4.90 Å². The summed E-state index contributed by atoms with van der Waals surface area (Å²) >= 11 is 0. The minimum atomic E-state index is 0.504. The molecule has 0 aromatic rings. The zero-order valence-electron chi connectivity index (χ0n) is 9.08. The van der Waals surface area contributed by atoms with Crippen LogP contribution in [0.2, 0.25) is 0 Å². The zero-order valence-corrected chi connectivity index (χ0v) is 9.08. The van der Waals surface area contributed by atoms with Crippen molar-refractivity contribution in [2.45, 2.75) is 38.6 Å². The SMILES string of the molecule is CCCC(N)=NC1CN2CCC1CC2. The van der Waals surface area contributed by atoms with Crippen molar-refractivity contribution in [3.05, 3.63) is 0 Å². The van der Waals surface area contributed by atoms with Crippen LogP contribution < -0.4 is 5.73 Å². The summed E-state index contributed by atoms with van der Waals surface area (Å²) in [5, 5.41) is 0. The summed E-state index contributed by atoms with van der Waals surface area (Å²) in [6.07, 6.45) is 4.72. The third-order valence-corrected chi connectivity index (χ3v) is 3.46. The number of nitrogens with zero attached hydrogens (tertiary/aromatic N) is 2. The second kappa shape index (κ2) is 4.30. The van der Waals surface area contributed by atoms with Gasteiger partial charge in [-0.3, -0.25) is 4.99 Å². The van der Waals surface area contributed by atoms with E-state index in [1.165, 1.54) is 25.9 Å². The Bertz CT molecular complexity index is 217. The third-order valence-electron chi connectivity index (χ3n) is 3.46. The Balaban J connectivity index is 1.95. The minimum absolute atomic E-state index is 0.504. The van der Waals surface area contributed by atoms with E-state index >= 15 is 0 Å². The number of amidine groups is 1. The lowest BCUT2D eigenvalue weighted by Gasteiger charge is -2.43. The Morgan fingerprint density at radius 1 is 1.43 bits per heavy atom. The molecule has 80 valence electrons. The lowest BCUT2D eigenvalue weighted by atomic mass is 9.84. The van der Waals surface area contributed by atoms with E-state index in [1.807, 2.05) is 0 Å². The molecule has 0 aromatic heterocycles. The third kappa shape index (κ3) is 2.08. The van der Waals surface area contributed by atoms with E-state index in [-0.39, 0.29) is 0 Å². The van der Waals surface area contributed by atoms with Gasteiger partial charge in [0.1, 0.15) is 0 Å². The molecule has 3 heterocycles. The predicted molar refractivity (Wildman–Crippen MR) is 59.5 cm³/mol. The molecule has 0 aliphatic carbocycles. The van der Waals surface area contributed by atoms with E-state index in [9.17, 15) is 0 Å². The normalized spacial score (nSPS) is 37.5. The second-order valence-corrected chi connectivity index (χ2v) is 4.58. The summed E-state index contributed by atoms with van der Waals surface area (Å²) in [7, 11) is 0. The molecule has 1 atom stereocenters. The van der Waals surface area contributed by atoms with E-state index < -0.39 is 0 Å². The first-order valence-electron chi connectivity index (χ1n) is 5.84. The number of hydrogen-bond acceptors (Lipinski definition) is 2. The van der Waals surface area contributed by atoms with Gasteiger partial charge < -0.3 is 10.6 Å². The highest BCUT2D eigenvalue weighted by Gasteiger charge is 2.33. The van der Waals surface area contributed by atoms with Crippen LogP contribution in [0.5, 0.6) is 0 Å². The summed E-state index contributed by atoms with van der Waals surface area (Å²) in [6, 6.07) is 0.504. The van der Waals surface area contributed by atoms with E-state index in [2.05, 4.69) is 16.8 Å². The maximum absolute atomic E-state index is 5.88. The van der Waals surface area contributed by atoms with Gasteiger partial charge in [0.15, 0.2) is 0 Å². The topological polar surface area (TPSA) is 41.6 Å². The van der Waals surface area contributed by atoms with Gasteiger partial charge in [0.05, 0.1) is 11.9 Å². The van der Waals surface area contributed by atoms with Crippen molar-refractivity contribution in [1.29, 1.82) is 0 Å². The molecule has 0 spiro atoms. The van der Waals surface area contributed by atoms with Gasteiger partial charge in [-0.2, -0.15) is 0 Å². The molecule has 0 radical (unpaired) electrons. The molecule has 3 aliphatic heterocycles. The van der Waals surface area contributed by atoms with Gasteiger partial charge in [0.2, 0.25) is 0 Å². The van der Waals surface area contributed by atoms with Crippen molar-refractivity contribution in [2.24, 2.45) is 16.6 Å². The van der Waals surface area contributed by atoms with Gasteiger partial charge in [0, 0.05) is 13.0 Å². The highest BCUT2D eigenvalue weighted by atomic mass is 15.2. The molecule has 3 nitrogen and oxygen atoms in total. The molecule has 3 aliphatic rings. The van der Waals surface area contributed by atoms with Gasteiger partial charge in [-0.15, -0.1) is 0 Å². The highest BCUT2D eigenvalue weighted by Crippen LogP contribution is 2.29. The zero-order chi connectivity index (χ0) is 9.97. The van der Waals surface area contributed by atoms with Crippen LogP contribution >= 0.6 is 0 Å². The monoisotopic (exact) mass is 195 g/mol. The fourth-order valence-corrected chi connectivity index (χ4v) is 2.61. The van der Waals surface area contributed by atoms with E-state index in [1.54, 1.807) is 0 Å². The van der Waals surface area contributed by atoms with Crippen molar-refractivity contribution in [3.8, 4) is 0 Å². The maximum Gasteiger partial charge on any atom is 0.0941 e. The van der Waals surface area contributed by atoms with Gasteiger partial charge in [-0.1, -0.05) is 6.92 Å². The Hall–Kier alpha value is -0.570. The van der Waals surface area contributed by atoms with Crippen LogP contribution in [0.25, 0.3) is 0 Å². The quantitative estimate of drug-likeness (QED) is 0.544. The summed E-state index contributed by atoms with van der Waals surface area (Å²) in [5.41, 5.74) is 5.88. The van der Waals surface area contributed by atoms with Crippen LogP contribution in [-0.2, 0) is 0 Å². The molecule has 0 saturated carbocycles. The molecule has 0 amide bonds. The molecular formula is C11H21N3. The maximum atomic E-state index is 5.88. The van der Waals surface area contributed by atoms with E-state index in [0.717, 1.165) is 31.1 Å². The predicted octanol–water partition coefficient (Wildman–Crippen LogP) is 1.24. The van der Waals surface area contributed by atoms with Crippen LogP contribution in [0.3, 0.4) is 0 Å². The molecule has 0 aromatic carbocycles. The molecule has 3 fully saturated rings. The fourth-order valence-electron chi connectivity index (χ4n) is 2.61. The Labute approximate surface area is 86.4 Å². The summed E-state index contributed by atoms with van der Waals surface area (Å²) in [5.74, 6) is 1.68. The molecule has 3 saturated heterocycles. The average molecular weight is 195 g/mol. The summed E-state index contributed by atoms with van der Waals surface area (Å²) in [6.45, 7) is 5.86. The van der Waals surface area contributed by atoms with Gasteiger partial charge in [-0.05, 0) is 38.3 Å². The first-order valence-corrected chi connectivity index (χ1v) is 5.84. The number of fused-ring (bicyclic) bond motifs is 3. The van der Waals surface area contributed by atoms with Crippen LogP contribution in [0.15, 0.2) is 4.99 Å². The fraction of sp³-hybridized carbons (Fsp3) is 0.909. The van der Waals surface area contributed by atoms with Crippen molar-refractivity contribution < 1.29 is 0 Å². The van der Waals surface area contributed by atoms with Gasteiger partial charge in [0.25, 0.3) is 0 Å². The van der Waals surface area contributed by atoms with Gasteiger partial charge >= 0.3 is 0 Å². The van der Waals surface area contributed by atoms with Crippen molar-refractivity contribution in [3.63, 3.8) is 0 Å². The lowest BCUT2D eigenvalue weighted by Crippen LogP contribution is -2.50. The molecule has 2 bridgehead atoms. The van der Waals surface area contributed by atoms with Crippen LogP contribution in [0, 0.1) is 5.92 Å². The molecule has 14 heavy (non-hydrogen) atoms. The number of aliphatic imine (C=N–C) groups is 1. The second-order valence-electron chi connectivity index (χ2n) is 4.58. The molecule has 3 rings (SSSR count). The number of piperidine rings is 3. The first kappa shape index (κ1) is 9.97. The summed E-state index contributed by atoms with van der Waals surface area (Å²) < 4.78 is 0. The molecule has 1 unspecified atom stereocenters. The Morgan fingerprint density at radius 2 is 2.14 bits per heavy atom. The highest BCUT2D eigenvalue weighted by molar-refractivity contribution is 5.80. The first-order chi connectivity index (χ1) is 6.79. The minimum Gasteiger partial charge on any atom is -0.387 e. The van der Waals surface area contributed by atoms with Crippen LogP contribution in [0.1, 0.15) is 32.6 Å². The van der Waals surface area contributed by atoms with Crippen LogP contribution in [-0.4, -0.2) is 36.4 Å². The summed E-state index contributed by atoms with van der Waals surface area (Å²) in [4.78, 5) is 7.18.